The van der Waals surface area contributed by atoms with E-state index in [2.05, 4.69) is 15.9 Å². The molecule has 160 valence electrons. The maximum absolute atomic E-state index is 12.7. The van der Waals surface area contributed by atoms with Crippen molar-refractivity contribution in [3.63, 3.8) is 0 Å². The van der Waals surface area contributed by atoms with Crippen LogP contribution in [0.4, 0.5) is 4.79 Å². The molecule has 0 spiro atoms. The minimum atomic E-state index is -0.435. The van der Waals surface area contributed by atoms with Gasteiger partial charge in [-0.25, -0.2) is 4.79 Å². The molecule has 0 radical (unpaired) electrons. The summed E-state index contributed by atoms with van der Waals surface area (Å²) in [6, 6.07) is 21.5. The van der Waals surface area contributed by atoms with Crippen molar-refractivity contribution in [2.24, 2.45) is 0 Å². The summed E-state index contributed by atoms with van der Waals surface area (Å²) in [6.07, 6.45) is 1.67. The minimum Gasteiger partial charge on any atom is -0.423 e. The molecule has 32 heavy (non-hydrogen) atoms. The van der Waals surface area contributed by atoms with Crippen LogP contribution in [0.3, 0.4) is 0 Å². The topological polar surface area (TPSA) is 63.7 Å². The Labute approximate surface area is 198 Å². The molecular weight excluding hydrogens is 490 g/mol. The van der Waals surface area contributed by atoms with Gasteiger partial charge in [0.1, 0.15) is 5.75 Å². The second-order valence-electron chi connectivity index (χ2n) is 7.22. The Morgan fingerprint density at radius 3 is 2.44 bits per heavy atom. The highest BCUT2D eigenvalue weighted by atomic mass is 79.9. The van der Waals surface area contributed by atoms with Gasteiger partial charge in [-0.15, -0.1) is 0 Å². The summed E-state index contributed by atoms with van der Waals surface area (Å²) >= 11 is 4.29. The van der Waals surface area contributed by atoms with Gasteiger partial charge < -0.3 is 4.74 Å². The molecule has 1 aliphatic heterocycles. The van der Waals surface area contributed by atoms with E-state index in [1.54, 1.807) is 48.5 Å². The minimum absolute atomic E-state index is 0.225. The molecule has 0 bridgehead atoms. The van der Waals surface area contributed by atoms with E-state index in [1.807, 2.05) is 37.3 Å². The molecular formula is C25H18BrNO4S. The Morgan fingerprint density at radius 1 is 1.03 bits per heavy atom. The van der Waals surface area contributed by atoms with Crippen molar-refractivity contribution in [1.82, 2.24) is 4.90 Å². The number of carbonyl (C=O) groups is 3. The zero-order chi connectivity index (χ0) is 22.7. The normalized spacial score (nSPS) is 14.8. The van der Waals surface area contributed by atoms with Gasteiger partial charge in [-0.05, 0) is 72.3 Å². The number of halogens is 1. The SMILES string of the molecule is Cc1cccc(C(=O)Oc2ccc(/C=C3\SC(=O)N(Cc4ccc(Br)cc4)C3=O)cc2)c1. The van der Waals surface area contributed by atoms with Gasteiger partial charge in [-0.1, -0.05) is 57.9 Å². The lowest BCUT2D eigenvalue weighted by Crippen LogP contribution is -2.27. The van der Waals surface area contributed by atoms with E-state index in [0.29, 0.717) is 16.2 Å². The van der Waals surface area contributed by atoms with Crippen molar-refractivity contribution in [2.45, 2.75) is 13.5 Å². The molecule has 0 aliphatic carbocycles. The fourth-order valence-corrected chi connectivity index (χ4v) is 4.23. The molecule has 2 amide bonds. The lowest BCUT2D eigenvalue weighted by molar-refractivity contribution is -0.123. The summed E-state index contributed by atoms with van der Waals surface area (Å²) in [6.45, 7) is 2.13. The van der Waals surface area contributed by atoms with Crippen LogP contribution in [0, 0.1) is 6.92 Å². The number of amides is 2. The van der Waals surface area contributed by atoms with Crippen LogP contribution in [0.1, 0.15) is 27.0 Å². The van der Waals surface area contributed by atoms with Gasteiger partial charge >= 0.3 is 5.97 Å². The Kier molecular flexibility index (Phi) is 6.58. The van der Waals surface area contributed by atoms with Crippen molar-refractivity contribution in [1.29, 1.82) is 0 Å². The first kappa shape index (κ1) is 22.0. The third kappa shape index (κ3) is 5.18. The number of thioether (sulfide) groups is 1. The van der Waals surface area contributed by atoms with E-state index in [9.17, 15) is 14.4 Å². The number of hydrogen-bond acceptors (Lipinski definition) is 5. The summed E-state index contributed by atoms with van der Waals surface area (Å²) < 4.78 is 6.35. The second kappa shape index (κ2) is 9.54. The fraction of sp³-hybridized carbons (Fsp3) is 0.0800. The summed E-state index contributed by atoms with van der Waals surface area (Å²) in [5.74, 6) is -0.356. The number of rotatable bonds is 5. The summed E-state index contributed by atoms with van der Waals surface area (Å²) in [7, 11) is 0. The third-order valence-electron chi connectivity index (χ3n) is 4.77. The Bertz CT molecular complexity index is 1220. The van der Waals surface area contributed by atoms with Crippen LogP contribution in [-0.4, -0.2) is 22.0 Å². The van der Waals surface area contributed by atoms with Gasteiger partial charge in [0.15, 0.2) is 0 Å². The van der Waals surface area contributed by atoms with Crippen LogP contribution in [0.2, 0.25) is 0 Å². The number of ether oxygens (including phenoxy) is 1. The van der Waals surface area contributed by atoms with Crippen LogP contribution in [0.5, 0.6) is 5.75 Å². The highest BCUT2D eigenvalue weighted by Gasteiger charge is 2.34. The van der Waals surface area contributed by atoms with Gasteiger partial charge in [-0.2, -0.15) is 0 Å². The largest absolute Gasteiger partial charge is 0.423 e. The van der Waals surface area contributed by atoms with E-state index >= 15 is 0 Å². The molecule has 7 heteroatoms. The standard InChI is InChI=1S/C25H18BrNO4S/c1-16-3-2-4-19(13-16)24(29)31-21-11-7-17(8-12-21)14-22-23(28)27(25(30)32-22)15-18-5-9-20(26)10-6-18/h2-14H,15H2,1H3/b22-14-. The molecule has 1 aliphatic rings. The molecule has 1 fully saturated rings. The molecule has 0 unspecified atom stereocenters. The summed E-state index contributed by atoms with van der Waals surface area (Å²) in [4.78, 5) is 39.0. The quantitative estimate of drug-likeness (QED) is 0.233. The lowest BCUT2D eigenvalue weighted by atomic mass is 10.1. The van der Waals surface area contributed by atoms with Crippen LogP contribution in [0.25, 0.3) is 6.08 Å². The van der Waals surface area contributed by atoms with Crippen LogP contribution in [0.15, 0.2) is 82.2 Å². The number of imide groups is 1. The smallest absolute Gasteiger partial charge is 0.343 e. The summed E-state index contributed by atoms with van der Waals surface area (Å²) in [5.41, 5.74) is 3.06. The molecule has 1 heterocycles. The zero-order valence-electron chi connectivity index (χ0n) is 17.1. The fourth-order valence-electron chi connectivity index (χ4n) is 3.13. The van der Waals surface area contributed by atoms with Crippen molar-refractivity contribution in [2.75, 3.05) is 0 Å². The van der Waals surface area contributed by atoms with Crippen LogP contribution >= 0.6 is 27.7 Å². The molecule has 3 aromatic rings. The van der Waals surface area contributed by atoms with Crippen molar-refractivity contribution < 1.29 is 19.1 Å². The zero-order valence-corrected chi connectivity index (χ0v) is 19.5. The number of carbonyl (C=O) groups excluding carboxylic acids is 3. The lowest BCUT2D eigenvalue weighted by Gasteiger charge is -2.12. The third-order valence-corrected chi connectivity index (χ3v) is 6.21. The van der Waals surface area contributed by atoms with Gasteiger partial charge in [0.2, 0.25) is 0 Å². The van der Waals surface area contributed by atoms with Gasteiger partial charge in [0.05, 0.1) is 17.0 Å². The van der Waals surface area contributed by atoms with Crippen LogP contribution in [-0.2, 0) is 11.3 Å². The molecule has 0 aromatic heterocycles. The molecule has 3 aromatic carbocycles. The molecule has 0 atom stereocenters. The number of nitrogens with zero attached hydrogens (tertiary/aromatic N) is 1. The number of esters is 1. The Balaban J connectivity index is 1.43. The predicted molar refractivity (Wildman–Crippen MR) is 128 cm³/mol. The predicted octanol–water partition coefficient (Wildman–Crippen LogP) is 6.21. The molecule has 0 N–H and O–H groups in total. The monoisotopic (exact) mass is 507 g/mol. The average molecular weight is 508 g/mol. The number of hydrogen-bond donors (Lipinski definition) is 0. The maximum atomic E-state index is 12.7. The van der Waals surface area contributed by atoms with Gasteiger partial charge in [-0.3, -0.25) is 14.5 Å². The molecule has 1 saturated heterocycles. The average Bonchev–Trinajstić information content (AvgIpc) is 3.04. The van der Waals surface area contributed by atoms with E-state index in [-0.39, 0.29) is 17.7 Å². The molecule has 0 saturated carbocycles. The molecule has 4 rings (SSSR count). The van der Waals surface area contributed by atoms with Crippen molar-refractivity contribution in [3.05, 3.63) is 104 Å². The first-order chi connectivity index (χ1) is 15.4. The summed E-state index contributed by atoms with van der Waals surface area (Å²) in [5, 5.41) is -0.298. The van der Waals surface area contributed by atoms with Crippen molar-refractivity contribution in [3.8, 4) is 5.75 Å². The van der Waals surface area contributed by atoms with E-state index < -0.39 is 5.97 Å². The Morgan fingerprint density at radius 2 is 1.75 bits per heavy atom. The number of benzene rings is 3. The van der Waals surface area contributed by atoms with E-state index in [1.165, 1.54) is 4.90 Å². The number of aryl methyl sites for hydroxylation is 1. The highest BCUT2D eigenvalue weighted by molar-refractivity contribution is 9.10. The second-order valence-corrected chi connectivity index (χ2v) is 9.13. The van der Waals surface area contributed by atoms with Gasteiger partial charge in [0.25, 0.3) is 11.1 Å². The first-order valence-corrected chi connectivity index (χ1v) is 11.4. The molecule has 5 nitrogen and oxygen atoms in total. The van der Waals surface area contributed by atoms with Crippen molar-refractivity contribution >= 4 is 50.9 Å². The van der Waals surface area contributed by atoms with Gasteiger partial charge in [0, 0.05) is 4.47 Å². The van der Waals surface area contributed by atoms with E-state index in [0.717, 1.165) is 32.9 Å². The first-order valence-electron chi connectivity index (χ1n) is 9.78. The van der Waals surface area contributed by atoms with Crippen LogP contribution < -0.4 is 4.74 Å². The van der Waals surface area contributed by atoms with E-state index in [4.69, 9.17) is 4.74 Å². The highest BCUT2D eigenvalue weighted by Crippen LogP contribution is 2.33. The Hall–Kier alpha value is -3.16. The maximum Gasteiger partial charge on any atom is 0.343 e.